The average molecular weight is 229 g/mol. The molecular formula is C12H21O4. The summed E-state index contributed by atoms with van der Waals surface area (Å²) in [4.78, 5) is 22.6. The summed E-state index contributed by atoms with van der Waals surface area (Å²) >= 11 is 0. The summed E-state index contributed by atoms with van der Waals surface area (Å²) in [5.41, 5.74) is -0.504. The van der Waals surface area contributed by atoms with Crippen molar-refractivity contribution in [1.82, 2.24) is 0 Å². The van der Waals surface area contributed by atoms with Crippen LogP contribution in [0.25, 0.3) is 0 Å². The van der Waals surface area contributed by atoms with Crippen LogP contribution in [-0.4, -0.2) is 24.6 Å². The van der Waals surface area contributed by atoms with Gasteiger partial charge in [-0.2, -0.15) is 0 Å². The Hall–Kier alpha value is -1.06. The summed E-state index contributed by atoms with van der Waals surface area (Å²) in [6.07, 6.45) is 1.06. The third-order valence-electron chi connectivity index (χ3n) is 2.01. The minimum atomic E-state index is -0.504. The molecule has 0 N–H and O–H groups in total. The van der Waals surface area contributed by atoms with E-state index in [0.717, 1.165) is 0 Å². The van der Waals surface area contributed by atoms with Crippen LogP contribution in [0.4, 0.5) is 0 Å². The minimum Gasteiger partial charge on any atom is -0.469 e. The monoisotopic (exact) mass is 229 g/mol. The van der Waals surface area contributed by atoms with Crippen LogP contribution in [0.3, 0.4) is 0 Å². The van der Waals surface area contributed by atoms with Crippen molar-refractivity contribution in [3.8, 4) is 0 Å². The molecule has 16 heavy (non-hydrogen) atoms. The summed E-state index contributed by atoms with van der Waals surface area (Å²) in [6.45, 7) is 9.12. The van der Waals surface area contributed by atoms with Gasteiger partial charge < -0.3 is 9.47 Å². The van der Waals surface area contributed by atoms with Gasteiger partial charge in [0.1, 0.15) is 5.60 Å². The first-order valence-electron chi connectivity index (χ1n) is 5.39. The Morgan fingerprint density at radius 2 is 1.88 bits per heavy atom. The van der Waals surface area contributed by atoms with Crippen molar-refractivity contribution in [3.63, 3.8) is 0 Å². The lowest BCUT2D eigenvalue weighted by Gasteiger charge is -2.23. The molecule has 0 aliphatic heterocycles. The van der Waals surface area contributed by atoms with Crippen LogP contribution >= 0.6 is 0 Å². The summed E-state index contributed by atoms with van der Waals surface area (Å²) in [5.74, 6) is -0.952. The summed E-state index contributed by atoms with van der Waals surface area (Å²) < 4.78 is 9.74. The van der Waals surface area contributed by atoms with E-state index < -0.39 is 5.60 Å². The van der Waals surface area contributed by atoms with Gasteiger partial charge in [-0.3, -0.25) is 9.59 Å². The molecule has 0 bridgehead atoms. The Labute approximate surface area is 97.3 Å². The molecule has 0 fully saturated rings. The fourth-order valence-corrected chi connectivity index (χ4v) is 1.16. The van der Waals surface area contributed by atoms with Crippen molar-refractivity contribution in [3.05, 3.63) is 6.92 Å². The number of methoxy groups -OCH3 is 1. The van der Waals surface area contributed by atoms with Crippen LogP contribution in [0.15, 0.2) is 0 Å². The zero-order valence-electron chi connectivity index (χ0n) is 10.5. The Morgan fingerprint density at radius 1 is 1.31 bits per heavy atom. The smallest absolute Gasteiger partial charge is 0.309 e. The predicted octanol–water partition coefficient (Wildman–Crippen LogP) is 2.12. The van der Waals surface area contributed by atoms with Crippen LogP contribution in [-0.2, 0) is 19.1 Å². The van der Waals surface area contributed by atoms with Gasteiger partial charge in [-0.15, -0.1) is 0 Å². The summed E-state index contributed by atoms with van der Waals surface area (Å²) in [7, 11) is 1.33. The van der Waals surface area contributed by atoms with Gasteiger partial charge in [0.25, 0.3) is 0 Å². The third kappa shape index (κ3) is 6.43. The maximum absolute atomic E-state index is 11.7. The second-order valence-electron chi connectivity index (χ2n) is 4.63. The molecule has 0 aromatic carbocycles. The first kappa shape index (κ1) is 14.9. The van der Waals surface area contributed by atoms with Crippen molar-refractivity contribution >= 4 is 11.9 Å². The summed E-state index contributed by atoms with van der Waals surface area (Å²) in [5, 5.41) is 0. The lowest BCUT2D eigenvalue weighted by molar-refractivity contribution is -0.160. The van der Waals surface area contributed by atoms with Crippen molar-refractivity contribution in [2.75, 3.05) is 7.11 Å². The third-order valence-corrected chi connectivity index (χ3v) is 2.01. The fourth-order valence-electron chi connectivity index (χ4n) is 1.16. The lowest BCUT2D eigenvalue weighted by atomic mass is 10.00. The zero-order chi connectivity index (χ0) is 12.8. The highest BCUT2D eigenvalue weighted by Gasteiger charge is 2.24. The molecule has 0 spiro atoms. The van der Waals surface area contributed by atoms with Gasteiger partial charge in [-0.1, -0.05) is 6.92 Å². The topological polar surface area (TPSA) is 52.6 Å². The van der Waals surface area contributed by atoms with Crippen molar-refractivity contribution in [2.45, 2.75) is 45.6 Å². The predicted molar refractivity (Wildman–Crippen MR) is 60.6 cm³/mol. The quantitative estimate of drug-likeness (QED) is 0.678. The average Bonchev–Trinajstić information content (AvgIpc) is 2.15. The van der Waals surface area contributed by atoms with Crippen LogP contribution in [0.5, 0.6) is 0 Å². The normalized spacial score (nSPS) is 13.1. The molecule has 1 atom stereocenters. The molecule has 0 aliphatic carbocycles. The number of carbonyl (C=O) groups excluding carboxylic acids is 2. The molecule has 0 amide bonds. The van der Waals surface area contributed by atoms with Gasteiger partial charge in [0.05, 0.1) is 13.0 Å². The molecule has 0 aliphatic rings. The highest BCUT2D eigenvalue weighted by atomic mass is 16.6. The maximum atomic E-state index is 11.7. The van der Waals surface area contributed by atoms with E-state index >= 15 is 0 Å². The number of carbonyl (C=O) groups is 2. The number of ether oxygens (including phenoxy) is 2. The number of hydrogen-bond donors (Lipinski definition) is 0. The SMILES string of the molecule is [CH2]CC(CCC(=O)OC)C(=O)OC(C)(C)C. The Bertz CT molecular complexity index is 240. The zero-order valence-corrected chi connectivity index (χ0v) is 10.5. The van der Waals surface area contributed by atoms with Crippen molar-refractivity contribution < 1.29 is 19.1 Å². The second-order valence-corrected chi connectivity index (χ2v) is 4.63. The van der Waals surface area contributed by atoms with E-state index in [0.29, 0.717) is 12.8 Å². The largest absolute Gasteiger partial charge is 0.469 e. The molecule has 93 valence electrons. The lowest BCUT2D eigenvalue weighted by Crippen LogP contribution is -2.29. The standard InChI is InChI=1S/C12H21O4/c1-6-9(7-8-10(13)15-5)11(14)16-12(2,3)4/h9H,1,6-8H2,2-5H3. The molecule has 0 saturated heterocycles. The highest BCUT2D eigenvalue weighted by molar-refractivity contribution is 5.74. The van der Waals surface area contributed by atoms with Crippen LogP contribution < -0.4 is 0 Å². The Balaban J connectivity index is 4.17. The van der Waals surface area contributed by atoms with E-state index in [2.05, 4.69) is 11.7 Å². The fraction of sp³-hybridized carbons (Fsp3) is 0.750. The molecule has 1 unspecified atom stereocenters. The van der Waals surface area contributed by atoms with Gasteiger partial charge in [0.15, 0.2) is 0 Å². The first-order chi connectivity index (χ1) is 7.30. The molecule has 4 nitrogen and oxygen atoms in total. The van der Waals surface area contributed by atoms with E-state index in [4.69, 9.17) is 4.74 Å². The minimum absolute atomic E-state index is 0.218. The van der Waals surface area contributed by atoms with E-state index in [1.165, 1.54) is 7.11 Å². The molecule has 0 saturated carbocycles. The van der Waals surface area contributed by atoms with Gasteiger partial charge in [-0.05, 0) is 33.6 Å². The van der Waals surface area contributed by atoms with Crippen LogP contribution in [0, 0.1) is 12.8 Å². The molecule has 0 heterocycles. The van der Waals surface area contributed by atoms with Gasteiger partial charge in [-0.25, -0.2) is 0 Å². The molecule has 0 aromatic rings. The first-order valence-corrected chi connectivity index (χ1v) is 5.39. The van der Waals surface area contributed by atoms with E-state index in [-0.39, 0.29) is 24.3 Å². The molecule has 1 radical (unpaired) electrons. The summed E-state index contributed by atoms with van der Waals surface area (Å²) in [6, 6.07) is 0. The van der Waals surface area contributed by atoms with Crippen LogP contribution in [0.2, 0.25) is 0 Å². The van der Waals surface area contributed by atoms with E-state index in [9.17, 15) is 9.59 Å². The number of esters is 2. The van der Waals surface area contributed by atoms with E-state index in [1.807, 2.05) is 20.8 Å². The number of rotatable bonds is 5. The Morgan fingerprint density at radius 3 is 2.25 bits per heavy atom. The van der Waals surface area contributed by atoms with Gasteiger partial charge in [0.2, 0.25) is 0 Å². The van der Waals surface area contributed by atoms with Crippen molar-refractivity contribution in [1.29, 1.82) is 0 Å². The van der Waals surface area contributed by atoms with Gasteiger partial charge in [0, 0.05) is 6.42 Å². The van der Waals surface area contributed by atoms with E-state index in [1.54, 1.807) is 0 Å². The second kappa shape index (κ2) is 6.51. The van der Waals surface area contributed by atoms with Crippen molar-refractivity contribution in [2.24, 2.45) is 5.92 Å². The molecule has 0 aromatic heterocycles. The maximum Gasteiger partial charge on any atom is 0.309 e. The highest BCUT2D eigenvalue weighted by Crippen LogP contribution is 2.17. The molecule has 0 rings (SSSR count). The molecule has 4 heteroatoms. The van der Waals surface area contributed by atoms with Crippen LogP contribution in [0.1, 0.15) is 40.0 Å². The number of hydrogen-bond acceptors (Lipinski definition) is 4. The van der Waals surface area contributed by atoms with Gasteiger partial charge >= 0.3 is 11.9 Å². The molecular weight excluding hydrogens is 208 g/mol. The Kier molecular flexibility index (Phi) is 6.08.